The Labute approximate surface area is 197 Å². The minimum absolute atomic E-state index is 0.203. The van der Waals surface area contributed by atoms with Gasteiger partial charge in [-0.05, 0) is 53.7 Å². The van der Waals surface area contributed by atoms with Gasteiger partial charge >= 0.3 is 0 Å². The van der Waals surface area contributed by atoms with Crippen LogP contribution in [0, 0.1) is 0 Å². The Kier molecular flexibility index (Phi) is 6.08. The van der Waals surface area contributed by atoms with Crippen LogP contribution < -0.4 is 4.90 Å². The average molecular weight is 529 g/mol. The van der Waals surface area contributed by atoms with Gasteiger partial charge in [-0.25, -0.2) is 4.98 Å². The molecule has 5 rings (SSSR count). The van der Waals surface area contributed by atoms with Crippen LogP contribution >= 0.6 is 50.5 Å². The van der Waals surface area contributed by atoms with Crippen molar-refractivity contribution in [3.05, 3.63) is 49.7 Å². The van der Waals surface area contributed by atoms with Crippen molar-refractivity contribution in [2.75, 3.05) is 18.0 Å². The van der Waals surface area contributed by atoms with Gasteiger partial charge in [-0.1, -0.05) is 45.8 Å². The van der Waals surface area contributed by atoms with E-state index in [1.54, 1.807) is 11.3 Å². The van der Waals surface area contributed by atoms with Crippen molar-refractivity contribution in [1.82, 2.24) is 10.1 Å². The fourth-order valence-corrected chi connectivity index (χ4v) is 5.75. The van der Waals surface area contributed by atoms with Crippen molar-refractivity contribution in [3.8, 4) is 11.3 Å². The van der Waals surface area contributed by atoms with Gasteiger partial charge in [-0.15, -0.1) is 0 Å². The van der Waals surface area contributed by atoms with Crippen LogP contribution in [0.1, 0.15) is 42.9 Å². The topological polar surface area (TPSA) is 51.4 Å². The van der Waals surface area contributed by atoms with E-state index in [-0.39, 0.29) is 6.10 Å². The lowest BCUT2D eigenvalue weighted by Gasteiger charge is -2.32. The van der Waals surface area contributed by atoms with Crippen LogP contribution in [-0.2, 0) is 11.3 Å². The van der Waals surface area contributed by atoms with Gasteiger partial charge in [0.2, 0.25) is 0 Å². The second-order valence-electron chi connectivity index (χ2n) is 7.69. The Morgan fingerprint density at radius 1 is 1.17 bits per heavy atom. The molecule has 1 aliphatic heterocycles. The van der Waals surface area contributed by atoms with Crippen molar-refractivity contribution in [3.63, 3.8) is 0 Å². The number of rotatable bonds is 6. The lowest BCUT2D eigenvalue weighted by atomic mass is 10.0. The fourth-order valence-electron chi connectivity index (χ4n) is 3.88. The summed E-state index contributed by atoms with van der Waals surface area (Å²) in [7, 11) is 0. The summed E-state index contributed by atoms with van der Waals surface area (Å²) in [5.74, 6) is 1.35. The molecule has 0 amide bonds. The van der Waals surface area contributed by atoms with Gasteiger partial charge in [0.25, 0.3) is 0 Å². The predicted molar refractivity (Wildman–Crippen MR) is 124 cm³/mol. The Balaban J connectivity index is 1.30. The molecule has 2 fully saturated rings. The number of benzene rings is 1. The lowest BCUT2D eigenvalue weighted by molar-refractivity contribution is 0.0247. The molecule has 2 aliphatic rings. The van der Waals surface area contributed by atoms with Crippen molar-refractivity contribution in [1.29, 1.82) is 0 Å². The molecule has 0 N–H and O–H groups in total. The monoisotopic (exact) mass is 527 g/mol. The first-order chi connectivity index (χ1) is 14.6. The van der Waals surface area contributed by atoms with Crippen molar-refractivity contribution in [2.45, 2.75) is 44.3 Å². The maximum Gasteiger partial charge on any atom is 0.161 e. The van der Waals surface area contributed by atoms with Gasteiger partial charge in [-0.2, -0.15) is 0 Å². The highest BCUT2D eigenvalue weighted by molar-refractivity contribution is 9.11. The molecule has 9 heteroatoms. The number of ether oxygens (including phenoxy) is 1. The van der Waals surface area contributed by atoms with Gasteiger partial charge in [0.15, 0.2) is 3.92 Å². The average Bonchev–Trinajstić information content (AvgIpc) is 3.36. The van der Waals surface area contributed by atoms with Crippen LogP contribution in [0.2, 0.25) is 10.0 Å². The molecular formula is C21H20BrCl2N3O2S. The molecule has 0 radical (unpaired) electrons. The molecule has 3 heterocycles. The number of hydrogen-bond donors (Lipinski definition) is 0. The van der Waals surface area contributed by atoms with E-state index in [2.05, 4.69) is 31.0 Å². The molecule has 1 aliphatic carbocycles. The maximum atomic E-state index is 6.45. The van der Waals surface area contributed by atoms with Crippen molar-refractivity contribution >= 4 is 55.5 Å². The van der Waals surface area contributed by atoms with Gasteiger partial charge in [0, 0.05) is 30.1 Å². The highest BCUT2D eigenvalue weighted by atomic mass is 79.9. The molecule has 2 aromatic heterocycles. The molecule has 5 nitrogen and oxygen atoms in total. The molecule has 1 saturated heterocycles. The number of piperidine rings is 1. The highest BCUT2D eigenvalue weighted by Gasteiger charge is 2.34. The minimum Gasteiger partial charge on any atom is -0.373 e. The zero-order valence-electron chi connectivity index (χ0n) is 16.1. The molecule has 1 aromatic carbocycles. The van der Waals surface area contributed by atoms with Crippen LogP contribution in [-0.4, -0.2) is 29.3 Å². The number of aromatic nitrogens is 2. The number of halogens is 3. The van der Waals surface area contributed by atoms with E-state index < -0.39 is 0 Å². The quantitative estimate of drug-likeness (QED) is 0.347. The molecule has 0 atom stereocenters. The molecule has 1 saturated carbocycles. The second kappa shape index (κ2) is 8.79. The smallest absolute Gasteiger partial charge is 0.161 e. The summed E-state index contributed by atoms with van der Waals surface area (Å²) in [5, 5.41) is 6.69. The van der Waals surface area contributed by atoms with Crippen LogP contribution in [0.25, 0.3) is 11.3 Å². The molecule has 3 aromatic rings. The van der Waals surface area contributed by atoms with Crippen LogP contribution in [0.15, 0.2) is 32.8 Å². The van der Waals surface area contributed by atoms with E-state index in [4.69, 9.17) is 32.5 Å². The highest BCUT2D eigenvalue weighted by Crippen LogP contribution is 2.46. The Morgan fingerprint density at radius 3 is 2.53 bits per heavy atom. The number of nitrogens with zero attached hydrogens (tertiary/aromatic N) is 3. The third-order valence-corrected chi connectivity index (χ3v) is 7.82. The van der Waals surface area contributed by atoms with E-state index in [0.29, 0.717) is 28.3 Å². The molecular weight excluding hydrogens is 509 g/mol. The molecule has 0 bridgehead atoms. The molecule has 0 spiro atoms. The van der Waals surface area contributed by atoms with E-state index in [9.17, 15) is 0 Å². The zero-order chi connectivity index (χ0) is 20.7. The summed E-state index contributed by atoms with van der Waals surface area (Å²) in [6, 6.07) is 5.49. The predicted octanol–water partition coefficient (Wildman–Crippen LogP) is 6.93. The van der Waals surface area contributed by atoms with Crippen LogP contribution in [0.3, 0.4) is 0 Å². The molecule has 0 unspecified atom stereocenters. The maximum absolute atomic E-state index is 6.45. The van der Waals surface area contributed by atoms with Crippen molar-refractivity contribution < 1.29 is 9.26 Å². The van der Waals surface area contributed by atoms with Crippen LogP contribution in [0.4, 0.5) is 5.00 Å². The zero-order valence-corrected chi connectivity index (χ0v) is 20.0. The van der Waals surface area contributed by atoms with Gasteiger partial charge in [0.05, 0.1) is 29.0 Å². The summed E-state index contributed by atoms with van der Waals surface area (Å²) in [5.41, 5.74) is 2.42. The summed E-state index contributed by atoms with van der Waals surface area (Å²) >= 11 is 18.0. The Hall–Kier alpha value is -1.12. The molecule has 158 valence electrons. The van der Waals surface area contributed by atoms with E-state index in [0.717, 1.165) is 59.6 Å². The van der Waals surface area contributed by atoms with E-state index >= 15 is 0 Å². The Morgan fingerprint density at radius 2 is 1.90 bits per heavy atom. The minimum atomic E-state index is 0.203. The van der Waals surface area contributed by atoms with Gasteiger partial charge in [-0.3, -0.25) is 0 Å². The van der Waals surface area contributed by atoms with Gasteiger partial charge < -0.3 is 14.2 Å². The third kappa shape index (κ3) is 4.28. The SMILES string of the molecule is Clc1cccc(Cl)c1-c1noc(C2CC2)c1COC1CCN(c2cnc(Br)s2)CC1. The number of thiazole rings is 1. The summed E-state index contributed by atoms with van der Waals surface area (Å²) in [6.45, 7) is 2.38. The third-order valence-electron chi connectivity index (χ3n) is 5.65. The summed E-state index contributed by atoms with van der Waals surface area (Å²) in [4.78, 5) is 6.66. The van der Waals surface area contributed by atoms with E-state index in [1.807, 2.05) is 24.4 Å². The first kappa shape index (κ1) is 20.8. The van der Waals surface area contributed by atoms with Gasteiger partial charge in [0.1, 0.15) is 16.5 Å². The Bertz CT molecular complexity index is 1020. The van der Waals surface area contributed by atoms with Crippen molar-refractivity contribution in [2.24, 2.45) is 0 Å². The summed E-state index contributed by atoms with van der Waals surface area (Å²) in [6.07, 6.45) is 6.33. The first-order valence-corrected chi connectivity index (χ1v) is 12.4. The number of hydrogen-bond acceptors (Lipinski definition) is 6. The standard InChI is InChI=1S/C21H20BrCl2N3O2S/c22-21-25-10-17(30-21)27-8-6-13(7-9-27)28-11-14-19(26-29-20(14)12-4-5-12)18-15(23)2-1-3-16(18)24/h1-3,10,12-13H,4-9,11H2. The lowest BCUT2D eigenvalue weighted by Crippen LogP contribution is -2.36. The largest absolute Gasteiger partial charge is 0.373 e. The van der Waals surface area contributed by atoms with E-state index in [1.165, 1.54) is 5.00 Å². The first-order valence-electron chi connectivity index (χ1n) is 10.0. The fraction of sp³-hybridized carbons (Fsp3) is 0.429. The summed E-state index contributed by atoms with van der Waals surface area (Å²) < 4.78 is 13.0. The molecule has 30 heavy (non-hydrogen) atoms. The number of anilines is 1. The normalized spacial score (nSPS) is 17.6. The van der Waals surface area contributed by atoms with Crippen LogP contribution in [0.5, 0.6) is 0 Å². The second-order valence-corrected chi connectivity index (χ2v) is 10.8.